The number of carbonyl (C=O) groups excluding carboxylic acids is 4. The predicted octanol–water partition coefficient (Wildman–Crippen LogP) is 5.46. The molecule has 3 heterocycles. The zero-order chi connectivity index (χ0) is 37.4. The van der Waals surface area contributed by atoms with Gasteiger partial charge in [0, 0.05) is 56.0 Å². The Bertz CT molecular complexity index is 1910. The number of hydrogen-bond donors (Lipinski definition) is 2. The first-order chi connectivity index (χ1) is 25.6. The fraction of sp³-hybridized carbons (Fsp3) is 0.375. The molecule has 2 fully saturated rings. The molecule has 0 saturated carbocycles. The van der Waals surface area contributed by atoms with Crippen molar-refractivity contribution in [3.8, 4) is 11.5 Å². The minimum atomic E-state index is -0.798. The number of piperidine rings is 1. The number of thiazole rings is 1. The van der Waals surface area contributed by atoms with E-state index < -0.39 is 17.9 Å². The molecule has 2 N–H and O–H groups in total. The first-order valence-corrected chi connectivity index (χ1v) is 18.6. The van der Waals surface area contributed by atoms with Crippen molar-refractivity contribution in [2.45, 2.75) is 51.2 Å². The number of likely N-dealkylation sites (N-methyl/N-ethyl adjacent to an activating group) is 1. The molecular formula is C40H45N5O7S. The van der Waals surface area contributed by atoms with E-state index in [1.54, 1.807) is 29.5 Å². The van der Waals surface area contributed by atoms with Crippen molar-refractivity contribution in [1.29, 1.82) is 0 Å². The van der Waals surface area contributed by atoms with Crippen LogP contribution in [-0.2, 0) is 26.3 Å². The molecule has 0 radical (unpaired) electrons. The van der Waals surface area contributed by atoms with Crippen LogP contribution in [0.5, 0.6) is 11.5 Å². The molecule has 1 unspecified atom stereocenters. The summed E-state index contributed by atoms with van der Waals surface area (Å²) in [6.07, 6.45) is 3.51. The van der Waals surface area contributed by atoms with Crippen molar-refractivity contribution in [3.05, 3.63) is 100 Å². The smallest absolute Gasteiger partial charge is 0.257 e. The lowest BCUT2D eigenvalue weighted by Crippen LogP contribution is -2.53. The molecule has 13 heteroatoms. The van der Waals surface area contributed by atoms with Crippen LogP contribution in [0, 0.1) is 0 Å². The fourth-order valence-corrected chi connectivity index (χ4v) is 7.31. The van der Waals surface area contributed by atoms with Crippen molar-refractivity contribution < 1.29 is 33.4 Å². The highest BCUT2D eigenvalue weighted by Gasteiger charge is 2.34. The summed E-state index contributed by atoms with van der Waals surface area (Å²) in [6.45, 7) is 8.96. The number of anilines is 2. The van der Waals surface area contributed by atoms with Gasteiger partial charge >= 0.3 is 0 Å². The van der Waals surface area contributed by atoms with Crippen LogP contribution in [0.3, 0.4) is 0 Å². The summed E-state index contributed by atoms with van der Waals surface area (Å²) in [5.74, 6) is 0.199. The number of aromatic nitrogens is 1. The highest BCUT2D eigenvalue weighted by atomic mass is 32.1. The largest absolute Gasteiger partial charge is 0.494 e. The second-order valence-corrected chi connectivity index (χ2v) is 14.7. The minimum Gasteiger partial charge on any atom is -0.494 e. The van der Waals surface area contributed by atoms with Gasteiger partial charge in [-0.15, -0.1) is 0 Å². The minimum absolute atomic E-state index is 0.144. The summed E-state index contributed by atoms with van der Waals surface area (Å²) in [6, 6.07) is 20.5. The Balaban J connectivity index is 0.976. The molecule has 2 aliphatic rings. The average molecular weight is 740 g/mol. The molecule has 0 bridgehead atoms. The van der Waals surface area contributed by atoms with Crippen molar-refractivity contribution >= 4 is 46.2 Å². The Morgan fingerprint density at radius 3 is 2.38 bits per heavy atom. The molecule has 12 nitrogen and oxygen atoms in total. The third-order valence-electron chi connectivity index (χ3n) is 9.70. The topological polar surface area (TPSA) is 139 Å². The molecule has 1 aromatic heterocycles. The zero-order valence-corrected chi connectivity index (χ0v) is 31.1. The highest BCUT2D eigenvalue weighted by molar-refractivity contribution is 7.15. The van der Waals surface area contributed by atoms with Crippen LogP contribution in [0.2, 0.25) is 0 Å². The lowest BCUT2D eigenvalue weighted by atomic mass is 9.78. The average Bonchev–Trinajstić information content (AvgIpc) is 3.66. The lowest BCUT2D eigenvalue weighted by molar-refractivity contribution is -0.136. The number of benzene rings is 3. The van der Waals surface area contributed by atoms with Gasteiger partial charge in [-0.05, 0) is 54.3 Å². The van der Waals surface area contributed by atoms with Crippen LogP contribution in [0.15, 0.2) is 72.9 Å². The Morgan fingerprint density at radius 2 is 1.72 bits per heavy atom. The summed E-state index contributed by atoms with van der Waals surface area (Å²) in [5, 5.41) is 6.54. The van der Waals surface area contributed by atoms with Crippen LogP contribution in [0.25, 0.3) is 0 Å². The molecule has 1 atom stereocenters. The first kappa shape index (κ1) is 37.5. The van der Waals surface area contributed by atoms with E-state index in [4.69, 9.17) is 14.2 Å². The molecule has 3 amide bonds. The normalized spacial score (nSPS) is 16.1. The molecule has 2 saturated heterocycles. The summed E-state index contributed by atoms with van der Waals surface area (Å²) in [5.41, 5.74) is 2.95. The standard InChI is InChI=1S/C40H45N5O7S/c1-40(2,29-10-14-31(15-11-29)52-26-32-24-42-39(53-32)45-19-22-50-23-20-45)28-8-12-30(13-9-28)51-21-5-18-41-33-7-4-6-27(25-46)36(33)38(49)44(3)34-16-17-35(47)43-37(34)48/h4,6-15,24-25,34,41H,5,16-23,26H2,1-3H3,(H,43,47,48). The van der Waals surface area contributed by atoms with E-state index in [9.17, 15) is 19.2 Å². The number of imide groups is 1. The van der Waals surface area contributed by atoms with Crippen LogP contribution >= 0.6 is 11.3 Å². The van der Waals surface area contributed by atoms with E-state index in [0.29, 0.717) is 38.2 Å². The van der Waals surface area contributed by atoms with E-state index in [1.807, 2.05) is 30.5 Å². The first-order valence-electron chi connectivity index (χ1n) is 17.8. The van der Waals surface area contributed by atoms with Crippen molar-refractivity contribution in [1.82, 2.24) is 15.2 Å². The Hall–Kier alpha value is -5.27. The van der Waals surface area contributed by atoms with Crippen LogP contribution in [-0.4, -0.2) is 86.4 Å². The van der Waals surface area contributed by atoms with Gasteiger partial charge in [-0.3, -0.25) is 24.5 Å². The van der Waals surface area contributed by atoms with Gasteiger partial charge in [-0.2, -0.15) is 0 Å². The zero-order valence-electron chi connectivity index (χ0n) is 30.3. The van der Waals surface area contributed by atoms with Gasteiger partial charge in [0.2, 0.25) is 11.8 Å². The number of amides is 3. The lowest BCUT2D eigenvalue weighted by Gasteiger charge is -2.30. The number of hydrogen-bond acceptors (Lipinski definition) is 11. The van der Waals surface area contributed by atoms with Gasteiger partial charge in [0.05, 0.1) is 30.3 Å². The second kappa shape index (κ2) is 17.0. The number of nitrogens with zero attached hydrogens (tertiary/aromatic N) is 3. The number of morpholine rings is 1. The van der Waals surface area contributed by atoms with Crippen LogP contribution < -0.4 is 25.0 Å². The van der Waals surface area contributed by atoms with Gasteiger partial charge < -0.3 is 29.3 Å². The van der Waals surface area contributed by atoms with Gasteiger partial charge in [0.1, 0.15) is 24.1 Å². The maximum absolute atomic E-state index is 13.5. The molecule has 0 spiro atoms. The summed E-state index contributed by atoms with van der Waals surface area (Å²) < 4.78 is 17.5. The fourth-order valence-electron chi connectivity index (χ4n) is 6.43. The van der Waals surface area contributed by atoms with Gasteiger partial charge in [0.25, 0.3) is 5.91 Å². The Morgan fingerprint density at radius 1 is 1.04 bits per heavy atom. The van der Waals surface area contributed by atoms with Gasteiger partial charge in [-0.25, -0.2) is 4.98 Å². The van der Waals surface area contributed by atoms with E-state index in [-0.39, 0.29) is 35.3 Å². The maximum atomic E-state index is 13.5. The highest BCUT2D eigenvalue weighted by Crippen LogP contribution is 2.34. The number of nitrogens with one attached hydrogen (secondary N) is 2. The monoisotopic (exact) mass is 739 g/mol. The quantitative estimate of drug-likeness (QED) is 0.0919. The van der Waals surface area contributed by atoms with Crippen molar-refractivity contribution in [3.63, 3.8) is 0 Å². The second-order valence-electron chi connectivity index (χ2n) is 13.6. The summed E-state index contributed by atoms with van der Waals surface area (Å²) in [7, 11) is 1.51. The molecule has 6 rings (SSSR count). The molecule has 2 aliphatic heterocycles. The molecule has 278 valence electrons. The number of carbonyl (C=O) groups is 4. The molecular weight excluding hydrogens is 695 g/mol. The number of aldehydes is 1. The van der Waals surface area contributed by atoms with Crippen LogP contribution in [0.4, 0.5) is 10.8 Å². The third-order valence-corrected chi connectivity index (χ3v) is 10.7. The van der Waals surface area contributed by atoms with E-state index in [2.05, 4.69) is 58.6 Å². The van der Waals surface area contributed by atoms with Gasteiger partial charge in [0.15, 0.2) is 11.4 Å². The van der Waals surface area contributed by atoms with Crippen molar-refractivity contribution in [2.24, 2.45) is 0 Å². The molecule has 4 aromatic rings. The number of ether oxygens (including phenoxy) is 3. The molecule has 3 aromatic carbocycles. The third kappa shape index (κ3) is 9.03. The van der Waals surface area contributed by atoms with E-state index in [0.717, 1.165) is 58.9 Å². The van der Waals surface area contributed by atoms with Crippen molar-refractivity contribution in [2.75, 3.05) is 56.7 Å². The van der Waals surface area contributed by atoms with Crippen LogP contribution in [0.1, 0.15) is 69.8 Å². The Kier molecular flexibility index (Phi) is 12.1. The van der Waals surface area contributed by atoms with E-state index >= 15 is 0 Å². The SMILES string of the molecule is CN(C(=O)c1c(C=O)cccc1NCCCOc1ccc(C(C)(C)c2ccc(OCc3cnc(N4CCOCC4)s3)cc2)cc1)C1CCC(=O)NC1=O. The summed E-state index contributed by atoms with van der Waals surface area (Å²) in [4.78, 5) is 58.5. The van der Waals surface area contributed by atoms with Gasteiger partial charge in [-0.1, -0.05) is 61.6 Å². The van der Waals surface area contributed by atoms with E-state index in [1.165, 1.54) is 11.9 Å². The molecule has 53 heavy (non-hydrogen) atoms. The Labute approximate surface area is 313 Å². The summed E-state index contributed by atoms with van der Waals surface area (Å²) >= 11 is 1.66. The molecule has 0 aliphatic carbocycles. The maximum Gasteiger partial charge on any atom is 0.257 e. The number of rotatable bonds is 15. The predicted molar refractivity (Wildman–Crippen MR) is 203 cm³/mol.